The van der Waals surface area contributed by atoms with Crippen LogP contribution in [0.5, 0.6) is 0 Å². The molecule has 1 heterocycles. The number of hydrogen-bond acceptors (Lipinski definition) is 4. The van der Waals surface area contributed by atoms with Crippen molar-refractivity contribution >= 4 is 11.6 Å². The van der Waals surface area contributed by atoms with Crippen molar-refractivity contribution in [2.45, 2.75) is 13.3 Å². The molecule has 0 unspecified atom stereocenters. The smallest absolute Gasteiger partial charge is 0.168 e. The minimum absolute atomic E-state index is 0.0266. The van der Waals surface area contributed by atoms with Gasteiger partial charge in [0.1, 0.15) is 0 Å². The van der Waals surface area contributed by atoms with Gasteiger partial charge in [0.15, 0.2) is 23.3 Å². The van der Waals surface area contributed by atoms with Crippen molar-refractivity contribution in [3.8, 4) is 0 Å². The van der Waals surface area contributed by atoms with Crippen LogP contribution in [-0.2, 0) is 4.74 Å². The van der Waals surface area contributed by atoms with E-state index in [-0.39, 0.29) is 11.6 Å². The molecule has 1 aromatic rings. The van der Waals surface area contributed by atoms with E-state index in [1.165, 1.54) is 7.05 Å². The maximum Gasteiger partial charge on any atom is 0.168 e. The summed E-state index contributed by atoms with van der Waals surface area (Å²) in [5.74, 6) is -1.33. The van der Waals surface area contributed by atoms with E-state index < -0.39 is 11.6 Å². The fourth-order valence-electron chi connectivity index (χ4n) is 1.29. The summed E-state index contributed by atoms with van der Waals surface area (Å²) >= 11 is 0. The Labute approximate surface area is 99.4 Å². The molecule has 1 aromatic heterocycles. The zero-order valence-corrected chi connectivity index (χ0v) is 10.0. The molecule has 0 bridgehead atoms. The number of ether oxygens (including phenoxy) is 1. The van der Waals surface area contributed by atoms with E-state index in [1.54, 1.807) is 0 Å². The van der Waals surface area contributed by atoms with Gasteiger partial charge in [0.2, 0.25) is 0 Å². The predicted molar refractivity (Wildman–Crippen MR) is 63.3 cm³/mol. The number of halogens is 2. The number of rotatable bonds is 7. The number of anilines is 2. The van der Waals surface area contributed by atoms with Crippen LogP contribution >= 0.6 is 0 Å². The highest BCUT2D eigenvalue weighted by molar-refractivity contribution is 5.47. The summed E-state index contributed by atoms with van der Waals surface area (Å²) in [6.07, 6.45) is 0.737. The van der Waals surface area contributed by atoms with Gasteiger partial charge >= 0.3 is 0 Å². The van der Waals surface area contributed by atoms with Gasteiger partial charge in [0.25, 0.3) is 0 Å². The third kappa shape index (κ3) is 4.14. The molecule has 0 aromatic carbocycles. The van der Waals surface area contributed by atoms with Crippen LogP contribution in [0, 0.1) is 11.6 Å². The second-order valence-electron chi connectivity index (χ2n) is 3.38. The number of nitrogens with one attached hydrogen (secondary N) is 2. The van der Waals surface area contributed by atoms with Crippen molar-refractivity contribution in [3.05, 3.63) is 17.7 Å². The standard InChI is InChI=1S/C11H17F2N3O/c1-3-17-6-4-5-15-11-9(13)7-8(12)10(14-2)16-11/h7H,3-6H2,1-2H3,(H2,14,15,16). The first-order chi connectivity index (χ1) is 8.19. The SMILES string of the molecule is CCOCCCNc1nc(NC)c(F)cc1F. The fourth-order valence-corrected chi connectivity index (χ4v) is 1.29. The summed E-state index contributed by atoms with van der Waals surface area (Å²) in [7, 11) is 1.53. The van der Waals surface area contributed by atoms with E-state index in [1.807, 2.05) is 6.92 Å². The molecule has 6 heteroatoms. The average molecular weight is 245 g/mol. The summed E-state index contributed by atoms with van der Waals surface area (Å²) in [5, 5.41) is 5.36. The van der Waals surface area contributed by atoms with Crippen LogP contribution in [0.2, 0.25) is 0 Å². The normalized spacial score (nSPS) is 10.4. The van der Waals surface area contributed by atoms with E-state index in [0.29, 0.717) is 19.8 Å². The highest BCUT2D eigenvalue weighted by Gasteiger charge is 2.10. The third-order valence-electron chi connectivity index (χ3n) is 2.13. The predicted octanol–water partition coefficient (Wildman–Crippen LogP) is 2.24. The van der Waals surface area contributed by atoms with E-state index >= 15 is 0 Å². The Hall–Kier alpha value is -1.43. The number of nitrogens with zero attached hydrogens (tertiary/aromatic N) is 1. The lowest BCUT2D eigenvalue weighted by Gasteiger charge is -2.09. The summed E-state index contributed by atoms with van der Waals surface area (Å²) in [6.45, 7) is 3.70. The Kier molecular flexibility index (Phi) is 5.62. The van der Waals surface area contributed by atoms with E-state index in [0.717, 1.165) is 12.5 Å². The van der Waals surface area contributed by atoms with Gasteiger partial charge in [-0.3, -0.25) is 0 Å². The molecular formula is C11H17F2N3O. The van der Waals surface area contributed by atoms with Crippen LogP contribution < -0.4 is 10.6 Å². The second kappa shape index (κ2) is 7.01. The minimum Gasteiger partial charge on any atom is -0.382 e. The van der Waals surface area contributed by atoms with Crippen LogP contribution in [0.3, 0.4) is 0 Å². The summed E-state index contributed by atoms with van der Waals surface area (Å²) < 4.78 is 31.6. The molecule has 0 aliphatic heterocycles. The quantitative estimate of drug-likeness (QED) is 0.723. The molecule has 0 atom stereocenters. The molecule has 0 aliphatic carbocycles. The van der Waals surface area contributed by atoms with Crippen LogP contribution in [-0.4, -0.2) is 31.8 Å². The van der Waals surface area contributed by atoms with Gasteiger partial charge in [0, 0.05) is 32.9 Å². The fraction of sp³-hybridized carbons (Fsp3) is 0.545. The summed E-state index contributed by atoms with van der Waals surface area (Å²) in [5.41, 5.74) is 0. The molecule has 0 amide bonds. The Balaban J connectivity index is 2.52. The largest absolute Gasteiger partial charge is 0.382 e. The molecule has 0 saturated carbocycles. The molecule has 4 nitrogen and oxygen atoms in total. The van der Waals surface area contributed by atoms with E-state index in [4.69, 9.17) is 4.74 Å². The molecule has 0 aliphatic rings. The van der Waals surface area contributed by atoms with Gasteiger partial charge in [-0.15, -0.1) is 0 Å². The van der Waals surface area contributed by atoms with Crippen LogP contribution in [0.25, 0.3) is 0 Å². The lowest BCUT2D eigenvalue weighted by atomic mass is 10.3. The van der Waals surface area contributed by atoms with Gasteiger partial charge < -0.3 is 15.4 Å². The Morgan fingerprint density at radius 2 is 2.00 bits per heavy atom. The number of pyridine rings is 1. The molecule has 17 heavy (non-hydrogen) atoms. The minimum atomic E-state index is -0.704. The Morgan fingerprint density at radius 1 is 1.29 bits per heavy atom. The summed E-state index contributed by atoms with van der Waals surface area (Å²) in [4.78, 5) is 3.80. The van der Waals surface area contributed by atoms with Gasteiger partial charge in [-0.1, -0.05) is 0 Å². The topological polar surface area (TPSA) is 46.2 Å². The maximum absolute atomic E-state index is 13.3. The molecule has 0 spiro atoms. The highest BCUT2D eigenvalue weighted by atomic mass is 19.1. The summed E-state index contributed by atoms with van der Waals surface area (Å²) in [6, 6.07) is 0.809. The monoisotopic (exact) mass is 245 g/mol. The maximum atomic E-state index is 13.3. The van der Waals surface area contributed by atoms with Crippen molar-refractivity contribution in [3.63, 3.8) is 0 Å². The highest BCUT2D eigenvalue weighted by Crippen LogP contribution is 2.18. The van der Waals surface area contributed by atoms with Crippen molar-refractivity contribution in [1.82, 2.24) is 4.98 Å². The zero-order valence-electron chi connectivity index (χ0n) is 10.0. The molecular weight excluding hydrogens is 228 g/mol. The first-order valence-electron chi connectivity index (χ1n) is 5.54. The van der Waals surface area contributed by atoms with Crippen molar-refractivity contribution in [2.24, 2.45) is 0 Å². The Bertz CT molecular complexity index is 361. The first-order valence-corrected chi connectivity index (χ1v) is 5.54. The molecule has 0 saturated heterocycles. The van der Waals surface area contributed by atoms with Crippen molar-refractivity contribution < 1.29 is 13.5 Å². The molecule has 2 N–H and O–H groups in total. The average Bonchev–Trinajstić information content (AvgIpc) is 2.31. The van der Waals surface area contributed by atoms with E-state index in [2.05, 4.69) is 15.6 Å². The number of hydrogen-bond donors (Lipinski definition) is 2. The first kappa shape index (κ1) is 13.6. The van der Waals surface area contributed by atoms with Crippen LogP contribution in [0.4, 0.5) is 20.4 Å². The second-order valence-corrected chi connectivity index (χ2v) is 3.38. The molecule has 0 fully saturated rings. The Morgan fingerprint density at radius 3 is 2.65 bits per heavy atom. The van der Waals surface area contributed by atoms with Gasteiger partial charge in [0.05, 0.1) is 0 Å². The number of aromatic nitrogens is 1. The molecule has 1 rings (SSSR count). The zero-order chi connectivity index (χ0) is 12.7. The van der Waals surface area contributed by atoms with Gasteiger partial charge in [-0.25, -0.2) is 13.8 Å². The lowest BCUT2D eigenvalue weighted by Crippen LogP contribution is -2.10. The van der Waals surface area contributed by atoms with Crippen molar-refractivity contribution in [2.75, 3.05) is 37.4 Å². The molecule has 0 radical (unpaired) electrons. The molecule has 96 valence electrons. The van der Waals surface area contributed by atoms with Gasteiger partial charge in [-0.05, 0) is 13.3 Å². The van der Waals surface area contributed by atoms with Crippen molar-refractivity contribution in [1.29, 1.82) is 0 Å². The third-order valence-corrected chi connectivity index (χ3v) is 2.13. The lowest BCUT2D eigenvalue weighted by molar-refractivity contribution is 0.147. The van der Waals surface area contributed by atoms with Crippen LogP contribution in [0.15, 0.2) is 6.07 Å². The van der Waals surface area contributed by atoms with E-state index in [9.17, 15) is 8.78 Å². The van der Waals surface area contributed by atoms with Gasteiger partial charge in [-0.2, -0.15) is 0 Å². The van der Waals surface area contributed by atoms with Crippen LogP contribution in [0.1, 0.15) is 13.3 Å².